The summed E-state index contributed by atoms with van der Waals surface area (Å²) in [6.45, 7) is 1.71. The molecule has 0 bridgehead atoms. The first-order valence-electron chi connectivity index (χ1n) is 3.88. The van der Waals surface area contributed by atoms with Crippen molar-refractivity contribution < 1.29 is 18.0 Å². The molecular weight excluding hydrogens is 185 g/mol. The smallest absolute Gasteiger partial charge is 0.290 e. The number of alkyl halides is 3. The van der Waals surface area contributed by atoms with E-state index >= 15 is 0 Å². The highest BCUT2D eigenvalue weighted by molar-refractivity contribution is 5.83. The number of carbonyl (C=O) groups is 1. The molecule has 6 heteroatoms. The Bertz CT molecular complexity index is 241. The van der Waals surface area contributed by atoms with Crippen LogP contribution in [0.3, 0.4) is 0 Å². The number of rotatable bonds is 4. The molecule has 1 aliphatic rings. The van der Waals surface area contributed by atoms with E-state index in [0.29, 0.717) is 6.42 Å². The van der Waals surface area contributed by atoms with Crippen LogP contribution < -0.4 is 0 Å². The predicted molar refractivity (Wildman–Crippen MR) is 38.2 cm³/mol. The third-order valence-corrected chi connectivity index (χ3v) is 1.81. The molecule has 0 aromatic carbocycles. The second-order valence-corrected chi connectivity index (χ2v) is 3.19. The van der Waals surface area contributed by atoms with Gasteiger partial charge in [0.2, 0.25) is 5.78 Å². The number of Topliss-reactive ketones (excluding diaryl/α,β-unsaturated/α-hetero) is 1. The molecule has 1 aliphatic heterocycles. The Morgan fingerprint density at radius 3 is 2.31 bits per heavy atom. The largest absolute Gasteiger partial charge is 0.449 e. The van der Waals surface area contributed by atoms with Gasteiger partial charge in [-0.05, 0) is 19.8 Å². The number of carbonyl (C=O) groups excluding carboxylic acids is 1. The minimum Gasteiger partial charge on any atom is -0.290 e. The Labute approximate surface area is 73.0 Å². The van der Waals surface area contributed by atoms with E-state index in [2.05, 4.69) is 10.2 Å². The van der Waals surface area contributed by atoms with Gasteiger partial charge in [-0.25, -0.2) is 0 Å². The molecule has 0 spiro atoms. The SMILES string of the molecule is CC1(CCCC(=O)C(F)(F)F)N=N1. The zero-order chi connectivity index (χ0) is 10.1. The Hall–Kier alpha value is -0.940. The van der Waals surface area contributed by atoms with Gasteiger partial charge in [0.1, 0.15) is 0 Å². The fraction of sp³-hybridized carbons (Fsp3) is 0.857. The highest BCUT2D eigenvalue weighted by Crippen LogP contribution is 2.33. The number of halogens is 3. The molecule has 0 unspecified atom stereocenters. The van der Waals surface area contributed by atoms with Crippen LogP contribution in [0.4, 0.5) is 13.2 Å². The van der Waals surface area contributed by atoms with Crippen LogP contribution in [0.25, 0.3) is 0 Å². The number of ketones is 1. The van der Waals surface area contributed by atoms with Crippen LogP contribution in [0.5, 0.6) is 0 Å². The van der Waals surface area contributed by atoms with Gasteiger partial charge >= 0.3 is 6.18 Å². The quantitative estimate of drug-likeness (QED) is 0.677. The minimum absolute atomic E-state index is 0.182. The molecule has 0 fully saturated rings. The average Bonchev–Trinajstić information content (AvgIpc) is 2.66. The molecule has 0 aromatic rings. The molecule has 1 rings (SSSR count). The van der Waals surface area contributed by atoms with Crippen molar-refractivity contribution in [3.05, 3.63) is 0 Å². The van der Waals surface area contributed by atoms with Crippen LogP contribution in [0.2, 0.25) is 0 Å². The molecule has 1 heterocycles. The Balaban J connectivity index is 2.16. The third-order valence-electron chi connectivity index (χ3n) is 1.81. The van der Waals surface area contributed by atoms with E-state index in [-0.39, 0.29) is 6.42 Å². The van der Waals surface area contributed by atoms with E-state index in [4.69, 9.17) is 0 Å². The lowest BCUT2D eigenvalue weighted by Crippen LogP contribution is -2.22. The average molecular weight is 194 g/mol. The zero-order valence-electron chi connectivity index (χ0n) is 7.06. The minimum atomic E-state index is -4.70. The first-order valence-corrected chi connectivity index (χ1v) is 3.88. The van der Waals surface area contributed by atoms with Crippen molar-refractivity contribution in [1.82, 2.24) is 0 Å². The predicted octanol–water partition coefficient (Wildman–Crippen LogP) is 2.47. The summed E-state index contributed by atoms with van der Waals surface area (Å²) in [6, 6.07) is 0. The van der Waals surface area contributed by atoms with Gasteiger partial charge in [0.15, 0.2) is 5.66 Å². The molecule has 0 N–H and O–H groups in total. The van der Waals surface area contributed by atoms with Gasteiger partial charge in [0, 0.05) is 6.42 Å². The number of nitrogens with zero attached hydrogens (tertiary/aromatic N) is 2. The molecule has 0 radical (unpaired) electrons. The Morgan fingerprint density at radius 2 is 1.92 bits per heavy atom. The molecule has 3 nitrogen and oxygen atoms in total. The summed E-state index contributed by atoms with van der Waals surface area (Å²) in [7, 11) is 0. The first-order chi connectivity index (χ1) is 5.83. The van der Waals surface area contributed by atoms with E-state index in [0.717, 1.165) is 0 Å². The van der Waals surface area contributed by atoms with Crippen LogP contribution >= 0.6 is 0 Å². The van der Waals surface area contributed by atoms with Crippen molar-refractivity contribution in [3.63, 3.8) is 0 Å². The summed E-state index contributed by atoms with van der Waals surface area (Å²) in [6.07, 6.45) is -4.57. The summed E-state index contributed by atoms with van der Waals surface area (Å²) in [4.78, 5) is 10.4. The lowest BCUT2D eigenvalue weighted by molar-refractivity contribution is -0.171. The first kappa shape index (κ1) is 10.1. The number of hydrogen-bond acceptors (Lipinski definition) is 3. The number of hydrogen-bond donors (Lipinski definition) is 0. The van der Waals surface area contributed by atoms with Gasteiger partial charge in [-0.15, -0.1) is 0 Å². The molecule has 0 aromatic heterocycles. The molecule has 0 saturated carbocycles. The van der Waals surface area contributed by atoms with Crippen LogP contribution in [-0.4, -0.2) is 17.6 Å². The van der Waals surface area contributed by atoms with E-state index in [1.807, 2.05) is 0 Å². The normalized spacial score (nSPS) is 18.8. The maximum atomic E-state index is 11.7. The van der Waals surface area contributed by atoms with Crippen molar-refractivity contribution in [3.8, 4) is 0 Å². The fourth-order valence-corrected chi connectivity index (χ4v) is 0.911. The second-order valence-electron chi connectivity index (χ2n) is 3.19. The maximum Gasteiger partial charge on any atom is 0.449 e. The second kappa shape index (κ2) is 3.08. The van der Waals surface area contributed by atoms with Gasteiger partial charge in [0.05, 0.1) is 0 Å². The van der Waals surface area contributed by atoms with Crippen molar-refractivity contribution in [1.29, 1.82) is 0 Å². The van der Waals surface area contributed by atoms with Crippen LogP contribution in [0.15, 0.2) is 10.2 Å². The van der Waals surface area contributed by atoms with Gasteiger partial charge < -0.3 is 0 Å². The van der Waals surface area contributed by atoms with Crippen LogP contribution in [0, 0.1) is 0 Å². The highest BCUT2D eigenvalue weighted by atomic mass is 19.4. The monoisotopic (exact) mass is 194 g/mol. The van der Waals surface area contributed by atoms with E-state index < -0.39 is 24.0 Å². The lowest BCUT2D eigenvalue weighted by Gasteiger charge is -2.05. The zero-order valence-corrected chi connectivity index (χ0v) is 7.06. The topological polar surface area (TPSA) is 41.8 Å². The molecule has 0 amide bonds. The molecule has 0 aliphatic carbocycles. The molecule has 13 heavy (non-hydrogen) atoms. The molecule has 0 atom stereocenters. The van der Waals surface area contributed by atoms with Crippen molar-refractivity contribution in [2.24, 2.45) is 10.2 Å². The van der Waals surface area contributed by atoms with Crippen molar-refractivity contribution in [2.45, 2.75) is 38.0 Å². The standard InChI is InChI=1S/C7H9F3N2O/c1-6(11-12-6)4-2-3-5(13)7(8,9)10/h2-4H2,1H3. The van der Waals surface area contributed by atoms with Gasteiger partial charge in [-0.2, -0.15) is 23.4 Å². The molecule has 74 valence electrons. The Kier molecular flexibility index (Phi) is 2.40. The molecular formula is C7H9F3N2O. The third kappa shape index (κ3) is 3.12. The van der Waals surface area contributed by atoms with Gasteiger partial charge in [0.25, 0.3) is 0 Å². The van der Waals surface area contributed by atoms with Crippen molar-refractivity contribution in [2.75, 3.05) is 0 Å². The van der Waals surface area contributed by atoms with Gasteiger partial charge in [-0.1, -0.05) is 0 Å². The summed E-state index contributed by atoms with van der Waals surface area (Å²) in [5.74, 6) is -1.67. The van der Waals surface area contributed by atoms with Crippen molar-refractivity contribution >= 4 is 5.78 Å². The van der Waals surface area contributed by atoms with E-state index in [1.54, 1.807) is 6.92 Å². The van der Waals surface area contributed by atoms with Gasteiger partial charge in [-0.3, -0.25) is 4.79 Å². The summed E-state index contributed by atoms with van der Waals surface area (Å²) in [5, 5.41) is 7.25. The fourth-order valence-electron chi connectivity index (χ4n) is 0.911. The maximum absolute atomic E-state index is 11.7. The van der Waals surface area contributed by atoms with E-state index in [9.17, 15) is 18.0 Å². The lowest BCUT2D eigenvalue weighted by atomic mass is 10.1. The van der Waals surface area contributed by atoms with Crippen LogP contribution in [-0.2, 0) is 4.79 Å². The van der Waals surface area contributed by atoms with E-state index in [1.165, 1.54) is 0 Å². The highest BCUT2D eigenvalue weighted by Gasteiger charge is 2.39. The van der Waals surface area contributed by atoms with Crippen LogP contribution in [0.1, 0.15) is 26.2 Å². The summed E-state index contributed by atoms with van der Waals surface area (Å²) in [5.41, 5.74) is -0.508. The molecule has 0 saturated heterocycles. The summed E-state index contributed by atoms with van der Waals surface area (Å²) >= 11 is 0. The Morgan fingerprint density at radius 1 is 1.38 bits per heavy atom. The summed E-state index contributed by atoms with van der Waals surface area (Å²) < 4.78 is 35.1.